The fourth-order valence-electron chi connectivity index (χ4n) is 3.32. The number of sulfonamides is 1. The van der Waals surface area contributed by atoms with E-state index in [1.165, 1.54) is 12.6 Å². The van der Waals surface area contributed by atoms with Crippen LogP contribution in [-0.4, -0.2) is 54.3 Å². The second-order valence-electron chi connectivity index (χ2n) is 5.62. The molecule has 0 spiro atoms. The van der Waals surface area contributed by atoms with Gasteiger partial charge in [0.25, 0.3) is 0 Å². The van der Waals surface area contributed by atoms with Gasteiger partial charge in [-0.15, -0.1) is 0 Å². The largest absolute Gasteiger partial charge is 0.297 e. The van der Waals surface area contributed by atoms with Crippen molar-refractivity contribution in [3.8, 4) is 0 Å². The summed E-state index contributed by atoms with van der Waals surface area (Å²) >= 11 is 0. The maximum Gasteiger partial charge on any atom is 0.244 e. The van der Waals surface area contributed by atoms with E-state index in [0.29, 0.717) is 17.5 Å². The molecule has 1 aromatic rings. The lowest BCUT2D eigenvalue weighted by molar-refractivity contribution is 0.106. The van der Waals surface area contributed by atoms with Gasteiger partial charge in [0.2, 0.25) is 10.0 Å². The standard InChI is InChI=1S/C14H21N3O2S/c1-2-12-10-16-8-4-5-13(16)11-17(12)20(18,19)14-6-3-7-15-9-14/h3,6-7,9,12-13H,2,4-5,8,10-11H2,1H3. The number of hydrogen-bond donors (Lipinski definition) is 0. The minimum Gasteiger partial charge on any atom is -0.297 e. The van der Waals surface area contributed by atoms with Crippen molar-refractivity contribution in [3.05, 3.63) is 24.5 Å². The Morgan fingerprint density at radius 1 is 1.40 bits per heavy atom. The molecule has 20 heavy (non-hydrogen) atoms. The number of rotatable bonds is 3. The highest BCUT2D eigenvalue weighted by Gasteiger charge is 2.41. The zero-order valence-electron chi connectivity index (χ0n) is 11.8. The molecule has 2 saturated heterocycles. The van der Waals surface area contributed by atoms with Crippen LogP contribution in [-0.2, 0) is 10.0 Å². The van der Waals surface area contributed by atoms with Crippen LogP contribution in [0.3, 0.4) is 0 Å². The van der Waals surface area contributed by atoms with Crippen molar-refractivity contribution in [1.29, 1.82) is 0 Å². The van der Waals surface area contributed by atoms with Crippen LogP contribution in [0, 0.1) is 0 Å². The average molecular weight is 295 g/mol. The minimum atomic E-state index is -3.42. The lowest BCUT2D eigenvalue weighted by Gasteiger charge is -2.42. The fraction of sp³-hybridized carbons (Fsp3) is 0.643. The molecule has 0 amide bonds. The van der Waals surface area contributed by atoms with Crippen molar-refractivity contribution in [3.63, 3.8) is 0 Å². The van der Waals surface area contributed by atoms with Crippen LogP contribution in [0.1, 0.15) is 26.2 Å². The molecule has 110 valence electrons. The Balaban J connectivity index is 1.91. The number of nitrogens with zero attached hydrogens (tertiary/aromatic N) is 3. The zero-order valence-corrected chi connectivity index (χ0v) is 12.6. The van der Waals surface area contributed by atoms with Gasteiger partial charge in [0, 0.05) is 37.6 Å². The van der Waals surface area contributed by atoms with E-state index in [9.17, 15) is 8.42 Å². The molecule has 5 nitrogen and oxygen atoms in total. The maximum atomic E-state index is 12.8. The second-order valence-corrected chi connectivity index (χ2v) is 7.51. The molecule has 0 bridgehead atoms. The average Bonchev–Trinajstić information content (AvgIpc) is 2.94. The molecular weight excluding hydrogens is 274 g/mol. The van der Waals surface area contributed by atoms with Gasteiger partial charge in [0.1, 0.15) is 4.90 Å². The van der Waals surface area contributed by atoms with Crippen LogP contribution in [0.4, 0.5) is 0 Å². The predicted octanol–water partition coefficient (Wildman–Crippen LogP) is 1.33. The Labute approximate surface area is 120 Å². The first-order valence-electron chi connectivity index (χ1n) is 7.29. The van der Waals surface area contributed by atoms with Gasteiger partial charge in [0.05, 0.1) is 0 Å². The molecule has 2 unspecified atom stereocenters. The van der Waals surface area contributed by atoms with Gasteiger partial charge in [-0.3, -0.25) is 9.88 Å². The Hall–Kier alpha value is -0.980. The molecule has 0 radical (unpaired) electrons. The van der Waals surface area contributed by atoms with Gasteiger partial charge >= 0.3 is 0 Å². The highest BCUT2D eigenvalue weighted by atomic mass is 32.2. The summed E-state index contributed by atoms with van der Waals surface area (Å²) < 4.78 is 27.3. The van der Waals surface area contributed by atoms with Crippen molar-refractivity contribution in [1.82, 2.24) is 14.2 Å². The lowest BCUT2D eigenvalue weighted by Crippen LogP contribution is -2.57. The predicted molar refractivity (Wildman–Crippen MR) is 76.8 cm³/mol. The molecule has 6 heteroatoms. The molecule has 3 rings (SSSR count). The number of pyridine rings is 1. The summed E-state index contributed by atoms with van der Waals surface area (Å²) in [5, 5.41) is 0. The quantitative estimate of drug-likeness (QED) is 0.844. The Morgan fingerprint density at radius 3 is 2.95 bits per heavy atom. The minimum absolute atomic E-state index is 0.0783. The molecule has 3 heterocycles. The third-order valence-corrected chi connectivity index (χ3v) is 6.36. The van der Waals surface area contributed by atoms with Gasteiger partial charge in [-0.2, -0.15) is 4.31 Å². The van der Waals surface area contributed by atoms with E-state index in [4.69, 9.17) is 0 Å². The molecular formula is C14H21N3O2S. The Kier molecular flexibility index (Phi) is 3.79. The summed E-state index contributed by atoms with van der Waals surface area (Å²) in [7, 11) is -3.42. The summed E-state index contributed by atoms with van der Waals surface area (Å²) in [4.78, 5) is 6.70. The van der Waals surface area contributed by atoms with Crippen LogP contribution in [0.2, 0.25) is 0 Å². The molecule has 2 atom stereocenters. The number of aromatic nitrogens is 1. The first-order valence-corrected chi connectivity index (χ1v) is 8.73. The van der Waals surface area contributed by atoms with E-state index >= 15 is 0 Å². The molecule has 0 aromatic carbocycles. The van der Waals surface area contributed by atoms with E-state index in [0.717, 1.165) is 25.9 Å². The summed E-state index contributed by atoms with van der Waals surface area (Å²) in [6.45, 7) is 4.66. The van der Waals surface area contributed by atoms with Crippen molar-refractivity contribution in [2.45, 2.75) is 43.2 Å². The normalized spacial score (nSPS) is 28.4. The smallest absolute Gasteiger partial charge is 0.244 e. The number of hydrogen-bond acceptors (Lipinski definition) is 4. The summed E-state index contributed by atoms with van der Waals surface area (Å²) in [6, 6.07) is 3.79. The monoisotopic (exact) mass is 295 g/mol. The van der Waals surface area contributed by atoms with Crippen LogP contribution in [0.5, 0.6) is 0 Å². The zero-order chi connectivity index (χ0) is 14.2. The summed E-state index contributed by atoms with van der Waals surface area (Å²) in [5.41, 5.74) is 0. The molecule has 0 saturated carbocycles. The van der Waals surface area contributed by atoms with E-state index < -0.39 is 10.0 Å². The van der Waals surface area contributed by atoms with Gasteiger partial charge in [-0.25, -0.2) is 8.42 Å². The Morgan fingerprint density at radius 2 is 2.25 bits per heavy atom. The first-order chi connectivity index (χ1) is 9.63. The van der Waals surface area contributed by atoms with Gasteiger partial charge in [0.15, 0.2) is 0 Å². The topological polar surface area (TPSA) is 53.5 Å². The van der Waals surface area contributed by atoms with Crippen LogP contribution in [0.15, 0.2) is 29.4 Å². The number of fused-ring (bicyclic) bond motifs is 1. The summed E-state index contributed by atoms with van der Waals surface area (Å²) in [6.07, 6.45) is 6.19. The van der Waals surface area contributed by atoms with Crippen molar-refractivity contribution < 1.29 is 8.42 Å². The highest BCUT2D eigenvalue weighted by Crippen LogP contribution is 2.29. The van der Waals surface area contributed by atoms with E-state index in [-0.39, 0.29) is 6.04 Å². The molecule has 2 aliphatic rings. The van der Waals surface area contributed by atoms with Crippen LogP contribution >= 0.6 is 0 Å². The van der Waals surface area contributed by atoms with E-state index in [2.05, 4.69) is 16.8 Å². The SMILES string of the molecule is CCC1CN2CCCC2CN1S(=O)(=O)c1cccnc1. The Bertz CT molecular complexity index is 561. The van der Waals surface area contributed by atoms with Crippen molar-refractivity contribution >= 4 is 10.0 Å². The van der Waals surface area contributed by atoms with Crippen LogP contribution in [0.25, 0.3) is 0 Å². The van der Waals surface area contributed by atoms with E-state index in [1.54, 1.807) is 22.6 Å². The fourth-order valence-corrected chi connectivity index (χ4v) is 5.01. The highest BCUT2D eigenvalue weighted by molar-refractivity contribution is 7.89. The lowest BCUT2D eigenvalue weighted by atomic mass is 10.1. The molecule has 0 aliphatic carbocycles. The third kappa shape index (κ3) is 2.36. The first kappa shape index (κ1) is 14.0. The maximum absolute atomic E-state index is 12.8. The molecule has 2 aliphatic heterocycles. The van der Waals surface area contributed by atoms with Crippen LogP contribution < -0.4 is 0 Å². The second kappa shape index (κ2) is 5.42. The van der Waals surface area contributed by atoms with Gasteiger partial charge < -0.3 is 0 Å². The molecule has 1 aromatic heterocycles. The van der Waals surface area contributed by atoms with Gasteiger partial charge in [-0.05, 0) is 37.9 Å². The van der Waals surface area contributed by atoms with Crippen molar-refractivity contribution in [2.75, 3.05) is 19.6 Å². The summed E-state index contributed by atoms with van der Waals surface area (Å²) in [5.74, 6) is 0. The van der Waals surface area contributed by atoms with Crippen molar-refractivity contribution in [2.24, 2.45) is 0 Å². The third-order valence-electron chi connectivity index (χ3n) is 4.45. The molecule has 2 fully saturated rings. The molecule has 0 N–H and O–H groups in total. The van der Waals surface area contributed by atoms with Gasteiger partial charge in [-0.1, -0.05) is 6.92 Å². The number of piperazine rings is 1. The van der Waals surface area contributed by atoms with E-state index in [1.807, 2.05) is 0 Å².